The summed E-state index contributed by atoms with van der Waals surface area (Å²) in [6.07, 6.45) is 1.81. The monoisotopic (exact) mass is 193 g/mol. The van der Waals surface area contributed by atoms with Crippen molar-refractivity contribution in [2.24, 2.45) is 0 Å². The van der Waals surface area contributed by atoms with Crippen molar-refractivity contribution < 1.29 is 14.6 Å². The Morgan fingerprint density at radius 2 is 2.43 bits per heavy atom. The normalized spacial score (nSPS) is 9.79. The van der Waals surface area contributed by atoms with E-state index in [1.165, 1.54) is 12.1 Å². The zero-order chi connectivity index (χ0) is 10.4. The van der Waals surface area contributed by atoms with Crippen molar-refractivity contribution in [2.75, 3.05) is 6.61 Å². The molecule has 0 aliphatic rings. The number of esters is 1. The van der Waals surface area contributed by atoms with Crippen LogP contribution >= 0.6 is 0 Å². The predicted molar refractivity (Wildman–Crippen MR) is 52.1 cm³/mol. The first-order valence-electron chi connectivity index (χ1n) is 4.62. The van der Waals surface area contributed by atoms with Gasteiger partial charge in [-0.25, -0.2) is 4.79 Å². The molecule has 14 heavy (non-hydrogen) atoms. The van der Waals surface area contributed by atoms with Gasteiger partial charge in [-0.15, -0.1) is 0 Å². The van der Waals surface area contributed by atoms with E-state index in [4.69, 9.17) is 4.74 Å². The lowest BCUT2D eigenvalue weighted by molar-refractivity contribution is 0.0496. The first-order chi connectivity index (χ1) is 6.75. The minimum Gasteiger partial charge on any atom is -0.506 e. The number of carbonyl (C=O) groups excluding carboxylic acids is 1. The van der Waals surface area contributed by atoms with Gasteiger partial charge in [-0.3, -0.25) is 0 Å². The quantitative estimate of drug-likeness (QED) is 0.588. The maximum absolute atomic E-state index is 11.3. The van der Waals surface area contributed by atoms with Crippen LogP contribution in [0.1, 0.15) is 30.1 Å². The Labute approximate surface area is 83.3 Å². The van der Waals surface area contributed by atoms with E-state index in [0.29, 0.717) is 6.61 Å². The van der Waals surface area contributed by atoms with Gasteiger partial charge in [0.05, 0.1) is 6.61 Å². The highest BCUT2D eigenvalue weighted by atomic mass is 16.5. The van der Waals surface area contributed by atoms with Gasteiger partial charge >= 0.3 is 5.97 Å². The predicted octanol–water partition coefficient (Wildman–Crippen LogP) is 2.15. The summed E-state index contributed by atoms with van der Waals surface area (Å²) in [5, 5.41) is 9.28. The zero-order valence-electron chi connectivity index (χ0n) is 8.12. The number of unbranched alkanes of at least 4 members (excludes halogenated alkanes) is 1. The molecule has 1 N–H and O–H groups in total. The van der Waals surface area contributed by atoms with Crippen molar-refractivity contribution in [1.82, 2.24) is 0 Å². The largest absolute Gasteiger partial charge is 0.506 e. The number of carbonyl (C=O) groups is 1. The number of hydrogen-bond donors (Lipinski definition) is 1. The van der Waals surface area contributed by atoms with Gasteiger partial charge < -0.3 is 9.84 Å². The van der Waals surface area contributed by atoms with Crippen molar-refractivity contribution >= 4 is 5.97 Å². The van der Waals surface area contributed by atoms with Crippen molar-refractivity contribution in [1.29, 1.82) is 0 Å². The number of phenols is 1. The van der Waals surface area contributed by atoms with Crippen LogP contribution in [0.4, 0.5) is 0 Å². The number of phenolic OH excluding ortho intramolecular Hbond substituents is 1. The third-order valence-electron chi connectivity index (χ3n) is 1.79. The third kappa shape index (κ3) is 2.76. The van der Waals surface area contributed by atoms with E-state index in [2.05, 4.69) is 6.07 Å². The molecule has 0 saturated heterocycles. The average molecular weight is 193 g/mol. The number of para-hydroxylation sites is 1. The van der Waals surface area contributed by atoms with E-state index in [-0.39, 0.29) is 11.3 Å². The lowest BCUT2D eigenvalue weighted by atomic mass is 10.2. The highest BCUT2D eigenvalue weighted by Gasteiger charge is 2.10. The summed E-state index contributed by atoms with van der Waals surface area (Å²) in [6, 6.07) is 7.21. The van der Waals surface area contributed by atoms with Crippen molar-refractivity contribution in [3.63, 3.8) is 0 Å². The average Bonchev–Trinajstić information content (AvgIpc) is 2.18. The van der Waals surface area contributed by atoms with E-state index in [9.17, 15) is 9.90 Å². The zero-order valence-corrected chi connectivity index (χ0v) is 8.12. The standard InChI is InChI=1S/C11H13O3/c1-2-3-8-14-11(13)9-6-4-5-7-10(9)12/h4-6,12H,2-3,8H2,1H3. The molecule has 1 aromatic carbocycles. The van der Waals surface area contributed by atoms with Crippen LogP contribution in [0.15, 0.2) is 18.2 Å². The van der Waals surface area contributed by atoms with Gasteiger partial charge in [0.1, 0.15) is 11.3 Å². The Morgan fingerprint density at radius 1 is 1.64 bits per heavy atom. The Morgan fingerprint density at radius 3 is 3.07 bits per heavy atom. The molecular weight excluding hydrogens is 180 g/mol. The second-order valence-electron chi connectivity index (χ2n) is 2.92. The summed E-state index contributed by atoms with van der Waals surface area (Å²) in [5.74, 6) is -0.651. The Kier molecular flexibility index (Phi) is 3.98. The van der Waals surface area contributed by atoms with E-state index >= 15 is 0 Å². The van der Waals surface area contributed by atoms with E-state index < -0.39 is 5.97 Å². The summed E-state index contributed by atoms with van der Waals surface area (Å²) < 4.78 is 4.93. The van der Waals surface area contributed by atoms with Gasteiger partial charge in [0.25, 0.3) is 0 Å². The molecule has 75 valence electrons. The van der Waals surface area contributed by atoms with E-state index in [1.807, 2.05) is 6.92 Å². The molecule has 0 aliphatic carbocycles. The van der Waals surface area contributed by atoms with E-state index in [1.54, 1.807) is 6.07 Å². The molecule has 0 aromatic heterocycles. The molecule has 1 rings (SSSR count). The van der Waals surface area contributed by atoms with Crippen molar-refractivity contribution in [3.8, 4) is 5.75 Å². The fourth-order valence-corrected chi connectivity index (χ4v) is 0.980. The van der Waals surface area contributed by atoms with Gasteiger partial charge in [0.2, 0.25) is 0 Å². The maximum Gasteiger partial charge on any atom is 0.341 e. The summed E-state index contributed by atoms with van der Waals surface area (Å²) >= 11 is 0. The SMILES string of the molecule is CCCCOC(=O)c1ccc[c]c1O. The number of benzene rings is 1. The van der Waals surface area contributed by atoms with Gasteiger partial charge in [-0.05, 0) is 12.5 Å². The molecule has 0 fully saturated rings. The number of rotatable bonds is 4. The molecule has 0 heterocycles. The van der Waals surface area contributed by atoms with Crippen LogP contribution in [0.25, 0.3) is 0 Å². The molecule has 1 aromatic rings. The fourth-order valence-electron chi connectivity index (χ4n) is 0.980. The summed E-state index contributed by atoms with van der Waals surface area (Å²) in [5.41, 5.74) is 0.170. The third-order valence-corrected chi connectivity index (χ3v) is 1.79. The molecule has 0 atom stereocenters. The van der Waals surface area contributed by atoms with Crippen LogP contribution in [0, 0.1) is 6.07 Å². The smallest absolute Gasteiger partial charge is 0.341 e. The number of hydrogen-bond acceptors (Lipinski definition) is 3. The molecule has 3 nitrogen and oxygen atoms in total. The van der Waals surface area contributed by atoms with Crippen LogP contribution in [0.5, 0.6) is 5.75 Å². The molecule has 3 heteroatoms. The molecule has 0 bridgehead atoms. The first-order valence-corrected chi connectivity index (χ1v) is 4.62. The highest BCUT2D eigenvalue weighted by molar-refractivity contribution is 5.92. The van der Waals surface area contributed by atoms with Gasteiger partial charge in [-0.2, -0.15) is 0 Å². The molecule has 0 saturated carbocycles. The molecular formula is C11H13O3. The van der Waals surface area contributed by atoms with Crippen molar-refractivity contribution in [3.05, 3.63) is 29.8 Å². The minimum atomic E-state index is -0.493. The lowest BCUT2D eigenvalue weighted by Gasteiger charge is -2.04. The second kappa shape index (κ2) is 5.27. The molecule has 0 amide bonds. The highest BCUT2D eigenvalue weighted by Crippen LogP contribution is 2.15. The lowest BCUT2D eigenvalue weighted by Crippen LogP contribution is -2.06. The molecule has 0 spiro atoms. The van der Waals surface area contributed by atoms with Crippen molar-refractivity contribution in [2.45, 2.75) is 19.8 Å². The van der Waals surface area contributed by atoms with Gasteiger partial charge in [-0.1, -0.05) is 25.5 Å². The van der Waals surface area contributed by atoms with Crippen LogP contribution < -0.4 is 0 Å². The second-order valence-corrected chi connectivity index (χ2v) is 2.92. The molecule has 1 radical (unpaired) electrons. The van der Waals surface area contributed by atoms with Crippen LogP contribution in [0.3, 0.4) is 0 Å². The topological polar surface area (TPSA) is 46.5 Å². The Balaban J connectivity index is 2.56. The van der Waals surface area contributed by atoms with Gasteiger partial charge in [0, 0.05) is 6.07 Å². The Hall–Kier alpha value is -1.51. The number of aromatic hydroxyl groups is 1. The summed E-state index contributed by atoms with van der Waals surface area (Å²) in [7, 11) is 0. The van der Waals surface area contributed by atoms with E-state index in [0.717, 1.165) is 12.8 Å². The minimum absolute atomic E-state index is 0.158. The summed E-state index contributed by atoms with van der Waals surface area (Å²) in [6.45, 7) is 2.41. The molecule has 0 unspecified atom stereocenters. The van der Waals surface area contributed by atoms with Crippen LogP contribution in [-0.4, -0.2) is 17.7 Å². The first kappa shape index (κ1) is 10.6. The van der Waals surface area contributed by atoms with Crippen LogP contribution in [-0.2, 0) is 4.74 Å². The summed E-state index contributed by atoms with van der Waals surface area (Å²) in [4.78, 5) is 11.3. The molecule has 0 aliphatic heterocycles. The van der Waals surface area contributed by atoms with Gasteiger partial charge in [0.15, 0.2) is 0 Å². The maximum atomic E-state index is 11.3. The number of ether oxygens (including phenoxy) is 1. The van der Waals surface area contributed by atoms with Crippen LogP contribution in [0.2, 0.25) is 0 Å². The Bertz CT molecular complexity index is 307. The fraction of sp³-hybridized carbons (Fsp3) is 0.364.